The molecular formula is C16H25BO2. The first-order valence-electron chi connectivity index (χ1n) is 6.85. The van der Waals surface area contributed by atoms with E-state index in [4.69, 9.17) is 4.74 Å². The Morgan fingerprint density at radius 3 is 2.37 bits per heavy atom. The molecule has 2 nitrogen and oxygen atoms in total. The Hall–Kier alpha value is -1.12. The molecule has 0 N–H and O–H groups in total. The summed E-state index contributed by atoms with van der Waals surface area (Å²) >= 11 is 0. The Kier molecular flexibility index (Phi) is 4.95. The quantitative estimate of drug-likeness (QED) is 0.777. The molecule has 0 aliphatic carbocycles. The van der Waals surface area contributed by atoms with Crippen LogP contribution >= 0.6 is 0 Å². The molecule has 1 rings (SSSR count). The number of hydrogen-bond acceptors (Lipinski definition) is 2. The van der Waals surface area contributed by atoms with Crippen molar-refractivity contribution in [3.05, 3.63) is 29.1 Å². The van der Waals surface area contributed by atoms with Crippen LogP contribution < -0.4 is 0 Å². The fraction of sp³-hybridized carbons (Fsp3) is 0.625. The van der Waals surface area contributed by atoms with Crippen molar-refractivity contribution in [3.63, 3.8) is 0 Å². The predicted molar refractivity (Wildman–Crippen MR) is 80.5 cm³/mol. The zero-order valence-corrected chi connectivity index (χ0v) is 13.0. The summed E-state index contributed by atoms with van der Waals surface area (Å²) in [7, 11) is 0. The molecule has 3 heteroatoms. The van der Waals surface area contributed by atoms with Gasteiger partial charge in [0.25, 0.3) is 0 Å². The van der Waals surface area contributed by atoms with E-state index >= 15 is 0 Å². The number of carbonyl (C=O) groups is 1. The van der Waals surface area contributed by atoms with Crippen LogP contribution in [0.25, 0.3) is 0 Å². The minimum absolute atomic E-state index is 0.158. The fourth-order valence-corrected chi connectivity index (χ4v) is 2.01. The molecular weight excluding hydrogens is 235 g/mol. The van der Waals surface area contributed by atoms with Crippen molar-refractivity contribution in [3.8, 4) is 0 Å². The Labute approximate surface area is 117 Å². The van der Waals surface area contributed by atoms with E-state index in [0.29, 0.717) is 6.42 Å². The molecule has 1 aromatic heterocycles. The van der Waals surface area contributed by atoms with E-state index < -0.39 is 5.60 Å². The summed E-state index contributed by atoms with van der Waals surface area (Å²) in [6, 6.07) is 4.00. The number of rotatable bonds is 3. The van der Waals surface area contributed by atoms with E-state index in [2.05, 4.69) is 27.7 Å². The Bertz CT molecular complexity index is 439. The van der Waals surface area contributed by atoms with Crippen molar-refractivity contribution in [1.82, 2.24) is 0 Å². The summed E-state index contributed by atoms with van der Waals surface area (Å²) in [6.45, 7) is 14.4. The second-order valence-corrected chi connectivity index (χ2v) is 7.27. The van der Waals surface area contributed by atoms with Crippen molar-refractivity contribution in [2.45, 2.75) is 60.0 Å². The summed E-state index contributed by atoms with van der Waals surface area (Å²) in [5, 5.41) is 0. The standard InChI is InChI=1S/C16H25BO2/c1-15(2,3)11-13-12(8-7-9-17-13)10-14(18)19-16(4,5)6/h7-9H,10-11H2,1-6H3. The first-order chi connectivity index (χ1) is 8.57. The molecule has 1 heterocycles. The molecule has 0 aliphatic heterocycles. The molecule has 0 aromatic carbocycles. The van der Waals surface area contributed by atoms with Crippen LogP contribution in [0.3, 0.4) is 0 Å². The van der Waals surface area contributed by atoms with Crippen molar-refractivity contribution in [2.75, 3.05) is 0 Å². The van der Waals surface area contributed by atoms with Crippen LogP contribution in [0.15, 0.2) is 18.1 Å². The Balaban J connectivity index is 2.81. The molecule has 104 valence electrons. The SMILES string of the molecule is CC(C)(C)Cc1bcccc1CC(=O)OC(C)(C)C. The molecule has 0 fully saturated rings. The van der Waals surface area contributed by atoms with Gasteiger partial charge in [-0.1, -0.05) is 0 Å². The molecule has 0 unspecified atom stereocenters. The summed E-state index contributed by atoms with van der Waals surface area (Å²) in [5.74, 6) is 1.87. The minimum atomic E-state index is -0.421. The van der Waals surface area contributed by atoms with Crippen molar-refractivity contribution in [1.29, 1.82) is 0 Å². The second kappa shape index (κ2) is 5.89. The summed E-state index contributed by atoms with van der Waals surface area (Å²) in [6.07, 6.45) is 1.31. The summed E-state index contributed by atoms with van der Waals surface area (Å²) < 4.78 is 5.39. The van der Waals surface area contributed by atoms with Crippen molar-refractivity contribution in [2.24, 2.45) is 5.41 Å². The normalized spacial score (nSPS) is 12.1. The monoisotopic (exact) mass is 260 g/mol. The average Bonchev–Trinajstić information content (AvgIpc) is 2.15. The van der Waals surface area contributed by atoms with Gasteiger partial charge in [0, 0.05) is 0 Å². The van der Waals surface area contributed by atoms with Crippen LogP contribution in [0.1, 0.15) is 52.6 Å². The third-order valence-electron chi connectivity index (χ3n) is 2.59. The van der Waals surface area contributed by atoms with Crippen LogP contribution in [0.5, 0.6) is 0 Å². The molecule has 0 bridgehead atoms. The van der Waals surface area contributed by atoms with Crippen LogP contribution in [-0.4, -0.2) is 18.5 Å². The van der Waals surface area contributed by atoms with E-state index in [1.54, 1.807) is 0 Å². The zero-order chi connectivity index (χ0) is 14.7. The molecule has 0 saturated heterocycles. The van der Waals surface area contributed by atoms with E-state index in [9.17, 15) is 4.79 Å². The van der Waals surface area contributed by atoms with Gasteiger partial charge in [-0.15, -0.1) is 0 Å². The third-order valence-corrected chi connectivity index (χ3v) is 2.59. The van der Waals surface area contributed by atoms with Crippen LogP contribution in [0.2, 0.25) is 0 Å². The topological polar surface area (TPSA) is 26.3 Å². The van der Waals surface area contributed by atoms with Crippen LogP contribution in [-0.2, 0) is 22.4 Å². The third kappa shape index (κ3) is 6.56. The number of esters is 1. The van der Waals surface area contributed by atoms with Gasteiger partial charge in [0.15, 0.2) is 0 Å². The number of carbonyl (C=O) groups excluding carboxylic acids is 1. The number of hydrogen-bond donors (Lipinski definition) is 0. The molecule has 0 radical (unpaired) electrons. The van der Waals surface area contributed by atoms with Gasteiger partial charge in [-0.2, -0.15) is 0 Å². The first-order valence-corrected chi connectivity index (χ1v) is 6.85. The average molecular weight is 260 g/mol. The van der Waals surface area contributed by atoms with Gasteiger partial charge in [-0.25, -0.2) is 0 Å². The maximum atomic E-state index is 11.9. The Morgan fingerprint density at radius 2 is 1.84 bits per heavy atom. The van der Waals surface area contributed by atoms with E-state index in [-0.39, 0.29) is 11.4 Å². The fourth-order valence-electron chi connectivity index (χ4n) is 2.01. The molecule has 19 heavy (non-hydrogen) atoms. The van der Waals surface area contributed by atoms with Gasteiger partial charge < -0.3 is 0 Å². The predicted octanol–water partition coefficient (Wildman–Crippen LogP) is 3.50. The molecule has 0 spiro atoms. The summed E-state index contributed by atoms with van der Waals surface area (Å²) in [5.41, 5.74) is 2.10. The van der Waals surface area contributed by atoms with E-state index in [1.165, 1.54) is 5.46 Å². The van der Waals surface area contributed by atoms with Gasteiger partial charge in [0.05, 0.1) is 0 Å². The van der Waals surface area contributed by atoms with Gasteiger partial charge in [0.2, 0.25) is 0 Å². The number of ether oxygens (including phenoxy) is 1. The molecule has 0 amide bonds. The van der Waals surface area contributed by atoms with E-state index in [1.807, 2.05) is 38.9 Å². The van der Waals surface area contributed by atoms with Gasteiger partial charge in [-0.05, 0) is 0 Å². The summed E-state index contributed by atoms with van der Waals surface area (Å²) in [4.78, 5) is 11.9. The zero-order valence-electron chi connectivity index (χ0n) is 13.0. The second-order valence-electron chi connectivity index (χ2n) is 7.27. The Morgan fingerprint density at radius 1 is 1.21 bits per heavy atom. The van der Waals surface area contributed by atoms with Gasteiger partial charge in [-0.3, -0.25) is 0 Å². The molecule has 1 aromatic rings. The maximum absolute atomic E-state index is 11.9. The molecule has 0 aliphatic rings. The van der Waals surface area contributed by atoms with Gasteiger partial charge >= 0.3 is 117 Å². The van der Waals surface area contributed by atoms with Crippen LogP contribution in [0, 0.1) is 5.41 Å². The van der Waals surface area contributed by atoms with Crippen molar-refractivity contribution >= 4 is 12.9 Å². The molecule has 0 saturated carbocycles. The van der Waals surface area contributed by atoms with Gasteiger partial charge in [0.1, 0.15) is 0 Å². The molecule has 0 atom stereocenters. The van der Waals surface area contributed by atoms with Crippen LogP contribution in [0.4, 0.5) is 0 Å². The van der Waals surface area contributed by atoms with Crippen molar-refractivity contribution < 1.29 is 9.53 Å². The first kappa shape index (κ1) is 15.9. The van der Waals surface area contributed by atoms with E-state index in [0.717, 1.165) is 12.0 Å².